The van der Waals surface area contributed by atoms with Crippen LogP contribution in [0.15, 0.2) is 10.5 Å². The van der Waals surface area contributed by atoms with Gasteiger partial charge in [-0.1, -0.05) is 15.9 Å². The van der Waals surface area contributed by atoms with Crippen LogP contribution in [0.25, 0.3) is 0 Å². The van der Waals surface area contributed by atoms with Gasteiger partial charge >= 0.3 is 0 Å². The molecule has 2 N–H and O–H groups in total. The van der Waals surface area contributed by atoms with Crippen molar-refractivity contribution in [2.24, 2.45) is 0 Å². The summed E-state index contributed by atoms with van der Waals surface area (Å²) in [5.41, 5.74) is 2.19. The number of halogens is 1. The fraction of sp³-hybridized carbons (Fsp3) is 0.538. The lowest BCUT2D eigenvalue weighted by atomic mass is 10.1. The molecule has 18 heavy (non-hydrogen) atoms. The normalized spacial score (nSPS) is 16.8. The van der Waals surface area contributed by atoms with Gasteiger partial charge in [-0.25, -0.2) is 0 Å². The van der Waals surface area contributed by atoms with Crippen LogP contribution in [0.4, 0.5) is 0 Å². The van der Waals surface area contributed by atoms with E-state index < -0.39 is 0 Å². The molecule has 1 aliphatic rings. The molecule has 0 aromatic heterocycles. The predicted molar refractivity (Wildman–Crippen MR) is 75.2 cm³/mol. The lowest BCUT2D eigenvalue weighted by Crippen LogP contribution is -2.43. The highest BCUT2D eigenvalue weighted by Crippen LogP contribution is 2.37. The minimum absolute atomic E-state index is 0.195. The number of benzene rings is 1. The van der Waals surface area contributed by atoms with Crippen LogP contribution in [0.3, 0.4) is 0 Å². The summed E-state index contributed by atoms with van der Waals surface area (Å²) in [7, 11) is 1.60. The minimum atomic E-state index is 0.195. The van der Waals surface area contributed by atoms with Crippen LogP contribution in [-0.2, 0) is 6.54 Å². The van der Waals surface area contributed by atoms with Gasteiger partial charge in [-0.15, -0.1) is 0 Å². The number of aromatic hydroxyl groups is 1. The number of ether oxygens (including phenoxy) is 1. The second kappa shape index (κ2) is 5.91. The van der Waals surface area contributed by atoms with Crippen molar-refractivity contribution in [1.29, 1.82) is 0 Å². The van der Waals surface area contributed by atoms with E-state index in [2.05, 4.69) is 26.1 Å². The highest BCUT2D eigenvalue weighted by molar-refractivity contribution is 9.10. The Hall–Kier alpha value is -0.780. The van der Waals surface area contributed by atoms with Crippen molar-refractivity contribution in [3.63, 3.8) is 0 Å². The lowest BCUT2D eigenvalue weighted by Gasteiger charge is -2.28. The molecule has 0 bridgehead atoms. The first-order chi connectivity index (χ1) is 8.63. The maximum atomic E-state index is 9.94. The summed E-state index contributed by atoms with van der Waals surface area (Å²) in [4.78, 5) is 2.37. The van der Waals surface area contributed by atoms with Gasteiger partial charge in [0.1, 0.15) is 0 Å². The van der Waals surface area contributed by atoms with Gasteiger partial charge in [0.25, 0.3) is 0 Å². The minimum Gasteiger partial charge on any atom is -0.504 e. The zero-order chi connectivity index (χ0) is 13.1. The maximum Gasteiger partial charge on any atom is 0.165 e. The van der Waals surface area contributed by atoms with E-state index in [4.69, 9.17) is 4.74 Å². The van der Waals surface area contributed by atoms with Gasteiger partial charge in [0.15, 0.2) is 11.5 Å². The summed E-state index contributed by atoms with van der Waals surface area (Å²) < 4.78 is 6.26. The number of nitrogens with zero attached hydrogens (tertiary/aromatic N) is 1. The van der Waals surface area contributed by atoms with Crippen molar-refractivity contribution >= 4 is 15.9 Å². The highest BCUT2D eigenvalue weighted by Gasteiger charge is 2.18. The van der Waals surface area contributed by atoms with E-state index in [0.717, 1.165) is 48.3 Å². The monoisotopic (exact) mass is 314 g/mol. The number of hydrogen-bond acceptors (Lipinski definition) is 4. The first kappa shape index (κ1) is 13.6. The second-order valence-corrected chi connectivity index (χ2v) is 5.39. The molecule has 5 heteroatoms. The summed E-state index contributed by atoms with van der Waals surface area (Å²) in [5, 5.41) is 13.3. The summed E-state index contributed by atoms with van der Waals surface area (Å²) in [6.45, 7) is 6.93. The van der Waals surface area contributed by atoms with Gasteiger partial charge in [0.2, 0.25) is 0 Å². The molecule has 1 aromatic rings. The fourth-order valence-corrected chi connectivity index (χ4v) is 2.73. The molecule has 1 heterocycles. The number of hydrogen-bond donors (Lipinski definition) is 2. The molecule has 4 nitrogen and oxygen atoms in total. The first-order valence-corrected chi connectivity index (χ1v) is 6.90. The number of piperazine rings is 1. The molecular formula is C13H19BrN2O2. The molecule has 1 aliphatic heterocycles. The Balaban J connectivity index is 2.29. The Morgan fingerprint density at radius 3 is 2.72 bits per heavy atom. The number of nitrogens with one attached hydrogen (secondary N) is 1. The highest BCUT2D eigenvalue weighted by atomic mass is 79.9. The third-order valence-corrected chi connectivity index (χ3v) is 4.20. The Morgan fingerprint density at radius 1 is 1.44 bits per heavy atom. The van der Waals surface area contributed by atoms with Crippen molar-refractivity contribution < 1.29 is 9.84 Å². The third-order valence-electron chi connectivity index (χ3n) is 3.38. The van der Waals surface area contributed by atoms with Gasteiger partial charge in [-0.2, -0.15) is 0 Å². The third kappa shape index (κ3) is 2.79. The molecule has 0 saturated carbocycles. The maximum absolute atomic E-state index is 9.94. The van der Waals surface area contributed by atoms with Gasteiger partial charge in [-0.3, -0.25) is 4.90 Å². The van der Waals surface area contributed by atoms with E-state index in [9.17, 15) is 5.11 Å². The number of phenolic OH excluding ortho intramolecular Hbond substituents is 1. The van der Waals surface area contributed by atoms with Crippen molar-refractivity contribution in [1.82, 2.24) is 10.2 Å². The first-order valence-electron chi connectivity index (χ1n) is 6.11. The molecular weight excluding hydrogens is 296 g/mol. The number of methoxy groups -OCH3 is 1. The van der Waals surface area contributed by atoms with Crippen molar-refractivity contribution in [2.75, 3.05) is 33.3 Å². The standard InChI is InChI=1S/C13H19BrN2O2/c1-9-10(8-16-5-3-15-4-6-16)13(18-2)12(17)7-11(9)14/h7,15,17H,3-6,8H2,1-2H3. The molecule has 0 aliphatic carbocycles. The van der Waals surface area contributed by atoms with Crippen LogP contribution >= 0.6 is 15.9 Å². The Labute approximate surface area is 116 Å². The van der Waals surface area contributed by atoms with Crippen LogP contribution < -0.4 is 10.1 Å². The van der Waals surface area contributed by atoms with Crippen LogP contribution in [0.5, 0.6) is 11.5 Å². The predicted octanol–water partition coefficient (Wildman–Crippen LogP) is 1.88. The quantitative estimate of drug-likeness (QED) is 0.894. The molecule has 1 saturated heterocycles. The lowest BCUT2D eigenvalue weighted by molar-refractivity contribution is 0.228. The van der Waals surface area contributed by atoms with E-state index >= 15 is 0 Å². The molecule has 1 fully saturated rings. The van der Waals surface area contributed by atoms with Crippen LogP contribution in [0.1, 0.15) is 11.1 Å². The average molecular weight is 315 g/mol. The fourth-order valence-electron chi connectivity index (χ4n) is 2.27. The topological polar surface area (TPSA) is 44.7 Å². The van der Waals surface area contributed by atoms with Gasteiger partial charge < -0.3 is 15.2 Å². The van der Waals surface area contributed by atoms with Crippen molar-refractivity contribution in [3.05, 3.63) is 21.7 Å². The molecule has 2 rings (SSSR count). The molecule has 0 radical (unpaired) electrons. The van der Waals surface area contributed by atoms with Crippen LogP contribution in [0, 0.1) is 6.92 Å². The molecule has 0 atom stereocenters. The van der Waals surface area contributed by atoms with E-state index in [1.54, 1.807) is 13.2 Å². The summed E-state index contributed by atoms with van der Waals surface area (Å²) in [5.74, 6) is 0.786. The zero-order valence-electron chi connectivity index (χ0n) is 10.8. The largest absolute Gasteiger partial charge is 0.504 e. The van der Waals surface area contributed by atoms with Crippen molar-refractivity contribution in [3.8, 4) is 11.5 Å². The molecule has 0 unspecified atom stereocenters. The summed E-state index contributed by atoms with van der Waals surface area (Å²) in [6, 6.07) is 1.69. The zero-order valence-corrected chi connectivity index (χ0v) is 12.4. The Kier molecular flexibility index (Phi) is 4.48. The van der Waals surface area contributed by atoms with E-state index in [0.29, 0.717) is 5.75 Å². The van der Waals surface area contributed by atoms with Gasteiger partial charge in [0, 0.05) is 42.8 Å². The van der Waals surface area contributed by atoms with Gasteiger partial charge in [0.05, 0.1) is 7.11 Å². The van der Waals surface area contributed by atoms with Crippen molar-refractivity contribution in [2.45, 2.75) is 13.5 Å². The second-order valence-electron chi connectivity index (χ2n) is 4.54. The number of phenols is 1. The van der Waals surface area contributed by atoms with E-state index in [-0.39, 0.29) is 5.75 Å². The average Bonchev–Trinajstić information content (AvgIpc) is 2.37. The SMILES string of the molecule is COc1c(O)cc(Br)c(C)c1CN1CCNCC1. The van der Waals surface area contributed by atoms with Crippen LogP contribution in [0.2, 0.25) is 0 Å². The van der Waals surface area contributed by atoms with E-state index in [1.807, 2.05) is 6.92 Å². The van der Waals surface area contributed by atoms with E-state index in [1.165, 1.54) is 0 Å². The Morgan fingerprint density at radius 2 is 2.11 bits per heavy atom. The van der Waals surface area contributed by atoms with Crippen LogP contribution in [-0.4, -0.2) is 43.3 Å². The molecule has 100 valence electrons. The molecule has 0 spiro atoms. The summed E-state index contributed by atoms with van der Waals surface area (Å²) >= 11 is 3.48. The van der Waals surface area contributed by atoms with Gasteiger partial charge in [-0.05, 0) is 18.6 Å². The Bertz CT molecular complexity index is 431. The summed E-state index contributed by atoms with van der Waals surface area (Å²) in [6.07, 6.45) is 0. The smallest absolute Gasteiger partial charge is 0.165 e. The number of rotatable bonds is 3. The molecule has 1 aromatic carbocycles. The molecule has 0 amide bonds.